The first kappa shape index (κ1) is 14.0. The fraction of sp³-hybridized carbons (Fsp3) is 0.375. The van der Waals surface area contributed by atoms with Gasteiger partial charge < -0.3 is 10.6 Å². The summed E-state index contributed by atoms with van der Waals surface area (Å²) in [5, 5.41) is 8.42. The van der Waals surface area contributed by atoms with Crippen molar-refractivity contribution in [2.75, 3.05) is 38.0 Å². The van der Waals surface area contributed by atoms with Gasteiger partial charge in [-0.05, 0) is 37.0 Å². The van der Waals surface area contributed by atoms with Crippen LogP contribution in [-0.4, -0.2) is 48.5 Å². The van der Waals surface area contributed by atoms with Gasteiger partial charge in [0.25, 0.3) is 0 Å². The molecule has 1 amide bonds. The van der Waals surface area contributed by atoms with Crippen LogP contribution in [0.1, 0.15) is 6.42 Å². The van der Waals surface area contributed by atoms with E-state index in [0.29, 0.717) is 6.54 Å². The number of carbonyl (C=O) groups is 1. The third-order valence-electron chi connectivity index (χ3n) is 3.76. The van der Waals surface area contributed by atoms with E-state index in [9.17, 15) is 4.79 Å². The highest BCUT2D eigenvalue weighted by Gasteiger charge is 2.13. The lowest BCUT2D eigenvalue weighted by Gasteiger charge is -2.19. The van der Waals surface area contributed by atoms with Gasteiger partial charge in [-0.3, -0.25) is 14.7 Å². The molecule has 2 N–H and O–H groups in total. The largest absolute Gasteiger partial charge is 0.324 e. The second-order valence-corrected chi connectivity index (χ2v) is 5.33. The van der Waals surface area contributed by atoms with Crippen LogP contribution in [0.15, 0.2) is 36.7 Å². The maximum Gasteiger partial charge on any atom is 0.238 e. The van der Waals surface area contributed by atoms with Crippen molar-refractivity contribution in [3.05, 3.63) is 36.7 Å². The lowest BCUT2D eigenvalue weighted by molar-refractivity contribution is -0.117. The molecule has 5 heteroatoms. The summed E-state index contributed by atoms with van der Waals surface area (Å²) in [6.45, 7) is 4.32. The molecule has 2 aromatic rings. The molecule has 0 spiro atoms. The van der Waals surface area contributed by atoms with Crippen LogP contribution in [0.5, 0.6) is 0 Å². The molecule has 5 nitrogen and oxygen atoms in total. The predicted molar refractivity (Wildman–Crippen MR) is 84.3 cm³/mol. The molecule has 0 radical (unpaired) electrons. The van der Waals surface area contributed by atoms with E-state index in [1.807, 2.05) is 24.3 Å². The number of nitrogens with zero attached hydrogens (tertiary/aromatic N) is 2. The van der Waals surface area contributed by atoms with Gasteiger partial charge >= 0.3 is 0 Å². The molecule has 3 rings (SSSR count). The minimum absolute atomic E-state index is 0.0354. The molecule has 1 aromatic heterocycles. The maximum atomic E-state index is 12.2. The minimum Gasteiger partial charge on any atom is -0.324 e. The highest BCUT2D eigenvalue weighted by Crippen LogP contribution is 2.21. The molecule has 1 aliphatic rings. The molecular weight excluding hydrogens is 264 g/mol. The molecule has 0 unspecified atom stereocenters. The number of carbonyl (C=O) groups excluding carboxylic acids is 1. The predicted octanol–water partition coefficient (Wildman–Crippen LogP) is 1.47. The molecule has 110 valence electrons. The number of rotatable bonds is 3. The first-order chi connectivity index (χ1) is 10.3. The normalized spacial score (nSPS) is 16.6. The zero-order valence-electron chi connectivity index (χ0n) is 12.0. The summed E-state index contributed by atoms with van der Waals surface area (Å²) in [5.41, 5.74) is 0.832. The van der Waals surface area contributed by atoms with Gasteiger partial charge in [-0.25, -0.2) is 0 Å². The van der Waals surface area contributed by atoms with Crippen LogP contribution in [0.3, 0.4) is 0 Å². The Labute approximate surface area is 124 Å². The van der Waals surface area contributed by atoms with Gasteiger partial charge in [0.15, 0.2) is 0 Å². The van der Waals surface area contributed by atoms with Gasteiger partial charge in [0.05, 0.1) is 12.2 Å². The number of pyridine rings is 1. The second-order valence-electron chi connectivity index (χ2n) is 5.33. The summed E-state index contributed by atoms with van der Waals surface area (Å²) in [6, 6.07) is 7.85. The van der Waals surface area contributed by atoms with Gasteiger partial charge in [0.1, 0.15) is 0 Å². The van der Waals surface area contributed by atoms with Crippen molar-refractivity contribution < 1.29 is 4.79 Å². The SMILES string of the molecule is O=C(CN1CCCNCC1)Nc1cccc2ccncc12. The Morgan fingerprint density at radius 3 is 3.19 bits per heavy atom. The molecule has 1 aliphatic heterocycles. The Morgan fingerprint density at radius 1 is 1.29 bits per heavy atom. The zero-order chi connectivity index (χ0) is 14.5. The van der Waals surface area contributed by atoms with Gasteiger partial charge in [0, 0.05) is 30.9 Å². The number of fused-ring (bicyclic) bond motifs is 1. The summed E-state index contributed by atoms with van der Waals surface area (Å²) in [7, 11) is 0. The third kappa shape index (κ3) is 3.56. The van der Waals surface area contributed by atoms with Crippen LogP contribution in [0.2, 0.25) is 0 Å². The van der Waals surface area contributed by atoms with Crippen molar-refractivity contribution in [2.45, 2.75) is 6.42 Å². The van der Waals surface area contributed by atoms with E-state index in [4.69, 9.17) is 0 Å². The number of anilines is 1. The molecule has 21 heavy (non-hydrogen) atoms. The van der Waals surface area contributed by atoms with Crippen molar-refractivity contribution >= 4 is 22.4 Å². The number of hydrogen-bond donors (Lipinski definition) is 2. The molecule has 0 bridgehead atoms. The van der Waals surface area contributed by atoms with E-state index in [0.717, 1.165) is 49.1 Å². The standard InChI is InChI=1S/C16H20N4O/c21-16(12-20-9-2-6-17-8-10-20)19-15-4-1-3-13-5-7-18-11-14(13)15/h1,3-5,7,11,17H,2,6,8-10,12H2,(H,19,21). The average molecular weight is 284 g/mol. The Kier molecular flexibility index (Phi) is 4.43. The fourth-order valence-electron chi connectivity index (χ4n) is 2.67. The van der Waals surface area contributed by atoms with E-state index in [1.165, 1.54) is 0 Å². The van der Waals surface area contributed by atoms with Crippen LogP contribution >= 0.6 is 0 Å². The van der Waals surface area contributed by atoms with E-state index >= 15 is 0 Å². The Balaban J connectivity index is 1.68. The molecule has 1 saturated heterocycles. The van der Waals surface area contributed by atoms with Gasteiger partial charge in [0.2, 0.25) is 5.91 Å². The molecule has 0 aliphatic carbocycles. The summed E-state index contributed by atoms with van der Waals surface area (Å²) < 4.78 is 0. The molecule has 0 atom stereocenters. The van der Waals surface area contributed by atoms with Crippen LogP contribution < -0.4 is 10.6 Å². The lowest BCUT2D eigenvalue weighted by atomic mass is 10.1. The summed E-state index contributed by atoms with van der Waals surface area (Å²) in [5.74, 6) is 0.0354. The number of hydrogen-bond acceptors (Lipinski definition) is 4. The lowest BCUT2D eigenvalue weighted by Crippen LogP contribution is -2.35. The Morgan fingerprint density at radius 2 is 2.24 bits per heavy atom. The highest BCUT2D eigenvalue weighted by molar-refractivity contribution is 6.02. The first-order valence-corrected chi connectivity index (χ1v) is 7.38. The van der Waals surface area contributed by atoms with Crippen LogP contribution in [0.25, 0.3) is 10.8 Å². The van der Waals surface area contributed by atoms with E-state index in [-0.39, 0.29) is 5.91 Å². The summed E-state index contributed by atoms with van der Waals surface area (Å²) in [4.78, 5) is 18.6. The number of benzene rings is 1. The van der Waals surface area contributed by atoms with Crippen molar-refractivity contribution in [1.82, 2.24) is 15.2 Å². The molecule has 1 fully saturated rings. The maximum absolute atomic E-state index is 12.2. The fourth-order valence-corrected chi connectivity index (χ4v) is 2.67. The zero-order valence-corrected chi connectivity index (χ0v) is 12.0. The van der Waals surface area contributed by atoms with Crippen molar-refractivity contribution in [1.29, 1.82) is 0 Å². The molecule has 1 aromatic carbocycles. The molecular formula is C16H20N4O. The van der Waals surface area contributed by atoms with Gasteiger partial charge in [-0.2, -0.15) is 0 Å². The second kappa shape index (κ2) is 6.65. The van der Waals surface area contributed by atoms with Crippen LogP contribution in [-0.2, 0) is 4.79 Å². The highest BCUT2D eigenvalue weighted by atomic mass is 16.2. The van der Waals surface area contributed by atoms with E-state index in [2.05, 4.69) is 20.5 Å². The molecule has 2 heterocycles. The average Bonchev–Trinajstić information content (AvgIpc) is 2.76. The summed E-state index contributed by atoms with van der Waals surface area (Å²) in [6.07, 6.45) is 4.64. The van der Waals surface area contributed by atoms with Crippen LogP contribution in [0.4, 0.5) is 5.69 Å². The van der Waals surface area contributed by atoms with Crippen molar-refractivity contribution in [3.8, 4) is 0 Å². The summed E-state index contributed by atoms with van der Waals surface area (Å²) >= 11 is 0. The number of aromatic nitrogens is 1. The first-order valence-electron chi connectivity index (χ1n) is 7.38. The minimum atomic E-state index is 0.0354. The quantitative estimate of drug-likeness (QED) is 0.896. The number of nitrogens with one attached hydrogen (secondary N) is 2. The molecule has 0 saturated carbocycles. The van der Waals surface area contributed by atoms with Crippen molar-refractivity contribution in [2.24, 2.45) is 0 Å². The van der Waals surface area contributed by atoms with Crippen molar-refractivity contribution in [3.63, 3.8) is 0 Å². The Hall–Kier alpha value is -1.98. The monoisotopic (exact) mass is 284 g/mol. The van der Waals surface area contributed by atoms with E-state index in [1.54, 1.807) is 12.4 Å². The Bertz CT molecular complexity index is 615. The number of amides is 1. The smallest absolute Gasteiger partial charge is 0.238 e. The van der Waals surface area contributed by atoms with E-state index < -0.39 is 0 Å². The van der Waals surface area contributed by atoms with Gasteiger partial charge in [-0.15, -0.1) is 0 Å². The van der Waals surface area contributed by atoms with Gasteiger partial charge in [-0.1, -0.05) is 12.1 Å². The third-order valence-corrected chi connectivity index (χ3v) is 3.76. The topological polar surface area (TPSA) is 57.3 Å². The van der Waals surface area contributed by atoms with Crippen LogP contribution in [0, 0.1) is 0 Å².